The second-order valence-electron chi connectivity index (χ2n) is 5.70. The highest BCUT2D eigenvalue weighted by Crippen LogP contribution is 2.42. The number of benzene rings is 1. The average Bonchev–Trinajstić information content (AvgIpc) is 2.81. The van der Waals surface area contributed by atoms with Crippen LogP contribution in [0.3, 0.4) is 0 Å². The van der Waals surface area contributed by atoms with Gasteiger partial charge >= 0.3 is 0 Å². The van der Waals surface area contributed by atoms with Gasteiger partial charge in [0, 0.05) is 19.3 Å². The van der Waals surface area contributed by atoms with Crippen LogP contribution in [-0.2, 0) is 0 Å². The molecule has 1 aliphatic carbocycles. The van der Waals surface area contributed by atoms with E-state index in [4.69, 9.17) is 5.73 Å². The molecule has 1 saturated carbocycles. The third-order valence-electron chi connectivity index (χ3n) is 4.83. The zero-order valence-electron chi connectivity index (χ0n) is 11.9. The molecule has 1 aromatic carbocycles. The molecule has 0 aromatic heterocycles. The largest absolute Gasteiger partial charge is 0.367 e. The number of hydrogen-bond acceptors (Lipinski definition) is 2. The molecule has 0 amide bonds. The van der Waals surface area contributed by atoms with Crippen LogP contribution >= 0.6 is 0 Å². The van der Waals surface area contributed by atoms with Crippen molar-refractivity contribution in [1.82, 2.24) is 0 Å². The van der Waals surface area contributed by atoms with Gasteiger partial charge in [-0.05, 0) is 43.4 Å². The first-order valence-corrected chi connectivity index (χ1v) is 7.14. The fourth-order valence-electron chi connectivity index (χ4n) is 3.65. The Balaban J connectivity index is 2.32. The number of anilines is 1. The van der Waals surface area contributed by atoms with Crippen molar-refractivity contribution in [3.63, 3.8) is 0 Å². The van der Waals surface area contributed by atoms with E-state index in [0.717, 1.165) is 12.5 Å². The van der Waals surface area contributed by atoms with Crippen molar-refractivity contribution in [1.29, 1.82) is 0 Å². The highest BCUT2D eigenvalue weighted by molar-refractivity contribution is 5.51. The molecule has 2 N–H and O–H groups in total. The lowest BCUT2D eigenvalue weighted by Gasteiger charge is -2.44. The second kappa shape index (κ2) is 5.31. The van der Waals surface area contributed by atoms with Crippen LogP contribution in [0, 0.1) is 12.8 Å². The van der Waals surface area contributed by atoms with E-state index < -0.39 is 0 Å². The van der Waals surface area contributed by atoms with E-state index in [0.29, 0.717) is 0 Å². The second-order valence-corrected chi connectivity index (χ2v) is 5.70. The van der Waals surface area contributed by atoms with Crippen molar-refractivity contribution >= 4 is 5.69 Å². The van der Waals surface area contributed by atoms with Gasteiger partial charge < -0.3 is 10.6 Å². The molecule has 0 aliphatic heterocycles. The molecular formula is C16H26N2. The first kappa shape index (κ1) is 13.4. The third kappa shape index (κ3) is 2.14. The Labute approximate surface area is 111 Å². The molecule has 2 atom stereocenters. The molecule has 0 radical (unpaired) electrons. The Hall–Kier alpha value is -1.02. The lowest BCUT2D eigenvalue weighted by atomic mass is 9.83. The average molecular weight is 246 g/mol. The van der Waals surface area contributed by atoms with Gasteiger partial charge in [0.15, 0.2) is 0 Å². The van der Waals surface area contributed by atoms with Crippen LogP contribution in [0.2, 0.25) is 0 Å². The van der Waals surface area contributed by atoms with Crippen molar-refractivity contribution < 1.29 is 0 Å². The molecule has 100 valence electrons. The van der Waals surface area contributed by atoms with Crippen LogP contribution in [0.4, 0.5) is 5.69 Å². The normalized spacial score (nSPS) is 27.4. The summed E-state index contributed by atoms with van der Waals surface area (Å²) >= 11 is 0. The van der Waals surface area contributed by atoms with E-state index in [1.54, 1.807) is 0 Å². The first-order chi connectivity index (χ1) is 8.64. The molecule has 18 heavy (non-hydrogen) atoms. The van der Waals surface area contributed by atoms with E-state index in [1.807, 2.05) is 0 Å². The maximum atomic E-state index is 6.17. The van der Waals surface area contributed by atoms with E-state index >= 15 is 0 Å². The minimum atomic E-state index is 0.169. The van der Waals surface area contributed by atoms with Gasteiger partial charge in [0.2, 0.25) is 0 Å². The Bertz CT molecular complexity index is 402. The van der Waals surface area contributed by atoms with Crippen molar-refractivity contribution in [2.75, 3.05) is 18.5 Å². The van der Waals surface area contributed by atoms with E-state index in [-0.39, 0.29) is 5.54 Å². The van der Waals surface area contributed by atoms with Crippen molar-refractivity contribution in [3.8, 4) is 0 Å². The Kier molecular flexibility index (Phi) is 3.96. The summed E-state index contributed by atoms with van der Waals surface area (Å²) in [5.74, 6) is 0.730. The number of rotatable bonds is 4. The minimum Gasteiger partial charge on any atom is -0.367 e. The minimum absolute atomic E-state index is 0.169. The maximum Gasteiger partial charge on any atom is 0.0548 e. The van der Waals surface area contributed by atoms with Crippen LogP contribution in [0.25, 0.3) is 0 Å². The lowest BCUT2D eigenvalue weighted by molar-refractivity contribution is 0.303. The lowest BCUT2D eigenvalue weighted by Crippen LogP contribution is -2.55. The molecule has 0 spiro atoms. The quantitative estimate of drug-likeness (QED) is 0.883. The molecule has 1 aliphatic rings. The van der Waals surface area contributed by atoms with Gasteiger partial charge in [-0.3, -0.25) is 0 Å². The molecule has 2 heteroatoms. The number of aryl methyl sites for hydroxylation is 1. The predicted octanol–water partition coefficient (Wildman–Crippen LogP) is 3.34. The molecule has 2 rings (SSSR count). The van der Waals surface area contributed by atoms with E-state index in [1.165, 1.54) is 36.9 Å². The number of nitrogens with zero attached hydrogens (tertiary/aromatic N) is 1. The SMILES string of the molecule is CCC1CCCC1(CN)N(C)c1cccc(C)c1. The molecule has 0 bridgehead atoms. The smallest absolute Gasteiger partial charge is 0.0548 e. The first-order valence-electron chi connectivity index (χ1n) is 7.14. The number of hydrogen-bond donors (Lipinski definition) is 1. The van der Waals surface area contributed by atoms with Gasteiger partial charge in [-0.25, -0.2) is 0 Å². The van der Waals surface area contributed by atoms with Gasteiger partial charge in [0.1, 0.15) is 0 Å². The Morgan fingerprint density at radius 2 is 2.22 bits per heavy atom. The number of likely N-dealkylation sites (N-methyl/N-ethyl adjacent to an activating group) is 1. The maximum absolute atomic E-state index is 6.17. The molecule has 2 nitrogen and oxygen atoms in total. The Morgan fingerprint density at radius 3 is 2.83 bits per heavy atom. The summed E-state index contributed by atoms with van der Waals surface area (Å²) in [5, 5.41) is 0. The van der Waals surface area contributed by atoms with Crippen LogP contribution in [0.5, 0.6) is 0 Å². The van der Waals surface area contributed by atoms with Gasteiger partial charge in [-0.15, -0.1) is 0 Å². The topological polar surface area (TPSA) is 29.3 Å². The van der Waals surface area contributed by atoms with Gasteiger partial charge in [0.25, 0.3) is 0 Å². The highest BCUT2D eigenvalue weighted by Gasteiger charge is 2.44. The summed E-state index contributed by atoms with van der Waals surface area (Å²) in [7, 11) is 2.22. The Morgan fingerprint density at radius 1 is 1.44 bits per heavy atom. The zero-order valence-corrected chi connectivity index (χ0v) is 11.9. The van der Waals surface area contributed by atoms with Gasteiger partial charge in [0.05, 0.1) is 5.54 Å². The summed E-state index contributed by atoms with van der Waals surface area (Å²) in [6.45, 7) is 5.21. The van der Waals surface area contributed by atoms with Gasteiger partial charge in [-0.1, -0.05) is 31.9 Å². The fraction of sp³-hybridized carbons (Fsp3) is 0.625. The fourth-order valence-corrected chi connectivity index (χ4v) is 3.65. The molecule has 1 aromatic rings. The van der Waals surface area contributed by atoms with Crippen molar-refractivity contribution in [2.45, 2.75) is 45.1 Å². The molecular weight excluding hydrogens is 220 g/mol. The summed E-state index contributed by atoms with van der Waals surface area (Å²) in [6, 6.07) is 8.76. The van der Waals surface area contributed by atoms with E-state index in [2.05, 4.69) is 50.1 Å². The molecule has 0 saturated heterocycles. The van der Waals surface area contributed by atoms with Crippen molar-refractivity contribution in [2.24, 2.45) is 11.7 Å². The molecule has 0 heterocycles. The standard InChI is InChI=1S/C16H26N2/c1-4-14-8-6-10-16(14,12-17)18(3)15-9-5-7-13(2)11-15/h5,7,9,11,14H,4,6,8,10,12,17H2,1-3H3. The van der Waals surface area contributed by atoms with Crippen LogP contribution in [-0.4, -0.2) is 19.1 Å². The summed E-state index contributed by atoms with van der Waals surface area (Å²) < 4.78 is 0. The predicted molar refractivity (Wildman–Crippen MR) is 79.0 cm³/mol. The van der Waals surface area contributed by atoms with Crippen LogP contribution in [0.1, 0.15) is 38.2 Å². The summed E-state index contributed by atoms with van der Waals surface area (Å²) in [6.07, 6.45) is 5.09. The number of nitrogens with two attached hydrogens (primary N) is 1. The zero-order chi connectivity index (χ0) is 13.2. The van der Waals surface area contributed by atoms with Crippen LogP contribution < -0.4 is 10.6 Å². The molecule has 2 unspecified atom stereocenters. The van der Waals surface area contributed by atoms with E-state index in [9.17, 15) is 0 Å². The van der Waals surface area contributed by atoms with Gasteiger partial charge in [-0.2, -0.15) is 0 Å². The van der Waals surface area contributed by atoms with Crippen molar-refractivity contribution in [3.05, 3.63) is 29.8 Å². The summed E-state index contributed by atoms with van der Waals surface area (Å²) in [5.41, 5.74) is 8.96. The highest BCUT2D eigenvalue weighted by atomic mass is 15.2. The monoisotopic (exact) mass is 246 g/mol. The third-order valence-corrected chi connectivity index (χ3v) is 4.83. The summed E-state index contributed by atoms with van der Waals surface area (Å²) in [4.78, 5) is 2.45. The van der Waals surface area contributed by atoms with Crippen LogP contribution in [0.15, 0.2) is 24.3 Å². The molecule has 1 fully saturated rings.